The van der Waals surface area contributed by atoms with Crippen LogP contribution in [0.15, 0.2) is 27.8 Å². The Balaban J connectivity index is 1.78. The van der Waals surface area contributed by atoms with E-state index in [0.717, 1.165) is 39.9 Å². The first-order valence-corrected chi connectivity index (χ1v) is 11.3. The molecular weight excluding hydrogens is 481 g/mol. The second kappa shape index (κ2) is 8.33. The van der Waals surface area contributed by atoms with E-state index in [0.29, 0.717) is 36.6 Å². The molecule has 1 aliphatic rings. The lowest BCUT2D eigenvalue weighted by molar-refractivity contribution is 0.559. The topological polar surface area (TPSA) is 98.7 Å². The van der Waals surface area contributed by atoms with Crippen molar-refractivity contribution in [1.29, 1.82) is 0 Å². The molecule has 1 fully saturated rings. The first-order chi connectivity index (χ1) is 14.0. The fraction of sp³-hybridized carbons (Fsp3) is 0.476. The summed E-state index contributed by atoms with van der Waals surface area (Å²) in [7, 11) is 0. The van der Waals surface area contributed by atoms with Crippen LogP contribution in [0.2, 0.25) is 0 Å². The molecule has 7 nitrogen and oxygen atoms in total. The van der Waals surface area contributed by atoms with E-state index in [1.165, 1.54) is 17.4 Å². The highest BCUT2D eigenvalue weighted by Crippen LogP contribution is 2.32. The van der Waals surface area contributed by atoms with Crippen molar-refractivity contribution in [3.05, 3.63) is 54.0 Å². The SMILES string of the molecule is CCCn1c(=O)c2[nH]c(C3CCCC3)nc2n(CCc2ccc(N)c(I)c2)c1=O. The molecule has 0 bridgehead atoms. The molecule has 2 heterocycles. The van der Waals surface area contributed by atoms with Crippen molar-refractivity contribution in [3.8, 4) is 0 Å². The molecule has 0 amide bonds. The first kappa shape index (κ1) is 20.2. The number of fused-ring (bicyclic) bond motifs is 1. The molecule has 1 aliphatic carbocycles. The predicted molar refractivity (Wildman–Crippen MR) is 123 cm³/mol. The minimum absolute atomic E-state index is 0.262. The van der Waals surface area contributed by atoms with Crippen LogP contribution in [-0.2, 0) is 19.5 Å². The van der Waals surface area contributed by atoms with Crippen molar-refractivity contribution in [2.24, 2.45) is 0 Å². The second-order valence-corrected chi connectivity index (χ2v) is 8.96. The molecule has 4 rings (SSSR count). The van der Waals surface area contributed by atoms with Crippen LogP contribution in [-0.4, -0.2) is 19.1 Å². The van der Waals surface area contributed by atoms with Gasteiger partial charge in [0.05, 0.1) is 0 Å². The number of imidazole rings is 1. The van der Waals surface area contributed by atoms with Crippen LogP contribution >= 0.6 is 22.6 Å². The molecule has 3 aromatic rings. The van der Waals surface area contributed by atoms with E-state index in [9.17, 15) is 9.59 Å². The van der Waals surface area contributed by atoms with Crippen molar-refractivity contribution in [1.82, 2.24) is 19.1 Å². The molecule has 0 radical (unpaired) electrons. The van der Waals surface area contributed by atoms with Crippen molar-refractivity contribution in [2.45, 2.75) is 64.5 Å². The van der Waals surface area contributed by atoms with Gasteiger partial charge in [-0.25, -0.2) is 9.78 Å². The molecule has 1 saturated carbocycles. The van der Waals surface area contributed by atoms with Crippen LogP contribution in [0.3, 0.4) is 0 Å². The highest BCUT2D eigenvalue weighted by Gasteiger charge is 2.23. The van der Waals surface area contributed by atoms with E-state index < -0.39 is 0 Å². The number of H-pyrrole nitrogens is 1. The lowest BCUT2D eigenvalue weighted by atomic mass is 10.1. The standard InChI is InChI=1S/C21H26IN5O2/c1-2-10-27-20(28)17-19(25-18(24-17)14-5-3-4-6-14)26(21(27)29)11-9-13-7-8-16(23)15(22)12-13/h7-8,12,14H,2-6,9-11,23H2,1H3,(H,24,25). The number of anilines is 1. The summed E-state index contributed by atoms with van der Waals surface area (Å²) in [5.41, 5.74) is 8.16. The van der Waals surface area contributed by atoms with Crippen LogP contribution in [0.5, 0.6) is 0 Å². The molecule has 0 atom stereocenters. The summed E-state index contributed by atoms with van der Waals surface area (Å²) in [5, 5.41) is 0. The highest BCUT2D eigenvalue weighted by molar-refractivity contribution is 14.1. The largest absolute Gasteiger partial charge is 0.398 e. The zero-order chi connectivity index (χ0) is 20.5. The Labute approximate surface area is 182 Å². The Kier molecular flexibility index (Phi) is 5.80. The van der Waals surface area contributed by atoms with Crippen LogP contribution in [0.1, 0.15) is 56.3 Å². The number of halogens is 1. The van der Waals surface area contributed by atoms with E-state index in [1.807, 2.05) is 25.1 Å². The normalized spacial score (nSPS) is 14.8. The van der Waals surface area contributed by atoms with Gasteiger partial charge in [-0.1, -0.05) is 25.8 Å². The van der Waals surface area contributed by atoms with Crippen LogP contribution in [0.4, 0.5) is 5.69 Å². The van der Waals surface area contributed by atoms with E-state index in [2.05, 4.69) is 27.6 Å². The molecule has 2 aromatic heterocycles. The van der Waals surface area contributed by atoms with Crippen molar-refractivity contribution < 1.29 is 0 Å². The maximum Gasteiger partial charge on any atom is 0.332 e. The highest BCUT2D eigenvalue weighted by atomic mass is 127. The zero-order valence-corrected chi connectivity index (χ0v) is 18.7. The smallest absolute Gasteiger partial charge is 0.332 e. The average Bonchev–Trinajstić information content (AvgIpc) is 3.37. The Morgan fingerprint density at radius 1 is 1.21 bits per heavy atom. The molecule has 154 valence electrons. The molecule has 0 saturated heterocycles. The summed E-state index contributed by atoms with van der Waals surface area (Å²) >= 11 is 2.21. The van der Waals surface area contributed by atoms with Gasteiger partial charge in [0, 0.05) is 28.3 Å². The fourth-order valence-electron chi connectivity index (χ4n) is 4.17. The van der Waals surface area contributed by atoms with Gasteiger partial charge in [-0.05, 0) is 66.0 Å². The third kappa shape index (κ3) is 3.86. The van der Waals surface area contributed by atoms with Gasteiger partial charge in [0.2, 0.25) is 0 Å². The Morgan fingerprint density at radius 3 is 2.66 bits per heavy atom. The molecule has 3 N–H and O–H groups in total. The summed E-state index contributed by atoms with van der Waals surface area (Å²) < 4.78 is 3.99. The zero-order valence-electron chi connectivity index (χ0n) is 16.6. The molecule has 29 heavy (non-hydrogen) atoms. The Bertz CT molecular complexity index is 1150. The Hall–Kier alpha value is -2.10. The van der Waals surface area contributed by atoms with Gasteiger partial charge in [0.15, 0.2) is 5.65 Å². The monoisotopic (exact) mass is 507 g/mol. The fourth-order valence-corrected chi connectivity index (χ4v) is 4.75. The van der Waals surface area contributed by atoms with E-state index in [1.54, 1.807) is 4.57 Å². The van der Waals surface area contributed by atoms with Gasteiger partial charge < -0.3 is 10.7 Å². The number of benzene rings is 1. The number of aryl methyl sites for hydroxylation is 2. The number of aromatic amines is 1. The number of aromatic nitrogens is 4. The van der Waals surface area contributed by atoms with Crippen molar-refractivity contribution in [3.63, 3.8) is 0 Å². The summed E-state index contributed by atoms with van der Waals surface area (Å²) in [6.45, 7) is 2.84. The van der Waals surface area contributed by atoms with Gasteiger partial charge >= 0.3 is 5.69 Å². The van der Waals surface area contributed by atoms with Gasteiger partial charge in [0.1, 0.15) is 11.3 Å². The summed E-state index contributed by atoms with van der Waals surface area (Å²) in [5.74, 6) is 1.20. The maximum atomic E-state index is 13.1. The van der Waals surface area contributed by atoms with Crippen molar-refractivity contribution in [2.75, 3.05) is 5.73 Å². The summed E-state index contributed by atoms with van der Waals surface area (Å²) in [6, 6.07) is 5.91. The lowest BCUT2D eigenvalue weighted by Crippen LogP contribution is -2.40. The van der Waals surface area contributed by atoms with Crippen LogP contribution in [0.25, 0.3) is 11.2 Å². The number of hydrogen-bond donors (Lipinski definition) is 2. The number of rotatable bonds is 6. The lowest BCUT2D eigenvalue weighted by Gasteiger charge is -2.11. The quantitative estimate of drug-likeness (QED) is 0.395. The Morgan fingerprint density at radius 2 is 1.97 bits per heavy atom. The minimum atomic E-state index is -0.279. The third-order valence-electron chi connectivity index (χ3n) is 5.76. The van der Waals surface area contributed by atoms with E-state index >= 15 is 0 Å². The van der Waals surface area contributed by atoms with Crippen LogP contribution < -0.4 is 17.0 Å². The van der Waals surface area contributed by atoms with Gasteiger partial charge in [-0.15, -0.1) is 0 Å². The molecule has 0 spiro atoms. The maximum absolute atomic E-state index is 13.1. The number of nitrogens with two attached hydrogens (primary N) is 1. The molecular formula is C21H26IN5O2. The number of nitrogen functional groups attached to an aromatic ring is 1. The first-order valence-electron chi connectivity index (χ1n) is 10.3. The average molecular weight is 507 g/mol. The molecule has 1 aromatic carbocycles. The van der Waals surface area contributed by atoms with Crippen LogP contribution in [0, 0.1) is 3.57 Å². The number of hydrogen-bond acceptors (Lipinski definition) is 4. The van der Waals surface area contributed by atoms with Gasteiger partial charge in [-0.3, -0.25) is 13.9 Å². The van der Waals surface area contributed by atoms with Gasteiger partial charge in [-0.2, -0.15) is 0 Å². The predicted octanol–water partition coefficient (Wildman–Crippen LogP) is 3.38. The summed E-state index contributed by atoms with van der Waals surface area (Å²) in [6.07, 6.45) is 5.92. The van der Waals surface area contributed by atoms with Gasteiger partial charge in [0.25, 0.3) is 5.56 Å². The second-order valence-electron chi connectivity index (χ2n) is 7.80. The third-order valence-corrected chi connectivity index (χ3v) is 6.69. The summed E-state index contributed by atoms with van der Waals surface area (Å²) in [4.78, 5) is 34.1. The minimum Gasteiger partial charge on any atom is -0.398 e. The van der Waals surface area contributed by atoms with E-state index in [4.69, 9.17) is 10.7 Å². The van der Waals surface area contributed by atoms with Crippen molar-refractivity contribution >= 4 is 39.4 Å². The molecule has 0 aliphatic heterocycles. The number of nitrogens with zero attached hydrogens (tertiary/aromatic N) is 3. The molecule has 0 unspecified atom stereocenters. The molecule has 8 heteroatoms. The van der Waals surface area contributed by atoms with E-state index in [-0.39, 0.29) is 11.2 Å². The number of nitrogens with one attached hydrogen (secondary N) is 1.